The molecule has 0 bridgehead atoms. The lowest BCUT2D eigenvalue weighted by Gasteiger charge is -2.14. The summed E-state index contributed by atoms with van der Waals surface area (Å²) in [5, 5.41) is 13.2. The Hall–Kier alpha value is -2.74. The summed E-state index contributed by atoms with van der Waals surface area (Å²) in [4.78, 5) is 23.7. The van der Waals surface area contributed by atoms with E-state index in [0.29, 0.717) is 5.75 Å². The second-order valence-corrected chi connectivity index (χ2v) is 6.48. The van der Waals surface area contributed by atoms with E-state index in [0.717, 1.165) is 10.6 Å². The van der Waals surface area contributed by atoms with Crippen LogP contribution < -0.4 is 14.8 Å². The van der Waals surface area contributed by atoms with E-state index >= 15 is 0 Å². The van der Waals surface area contributed by atoms with Crippen LogP contribution >= 0.6 is 11.8 Å². The van der Waals surface area contributed by atoms with Gasteiger partial charge in [0.2, 0.25) is 5.91 Å². The highest BCUT2D eigenvalue weighted by atomic mass is 32.2. The van der Waals surface area contributed by atoms with Crippen LogP contribution in [0.5, 0.6) is 11.5 Å². The molecule has 0 fully saturated rings. The molecule has 1 N–H and O–H groups in total. The number of carbonyl (C=O) groups is 1. The van der Waals surface area contributed by atoms with Crippen molar-refractivity contribution in [2.75, 3.05) is 19.5 Å². The minimum Gasteiger partial charge on any atom is -0.497 e. The van der Waals surface area contributed by atoms with Crippen LogP contribution in [0, 0.1) is 10.1 Å². The minimum atomic E-state index is -0.523. The fourth-order valence-electron chi connectivity index (χ4n) is 2.05. The van der Waals surface area contributed by atoms with Crippen LogP contribution in [0.25, 0.3) is 0 Å². The number of hydrogen-bond donors (Lipinski definition) is 1. The maximum Gasteiger partial charge on any atom is 0.271 e. The van der Waals surface area contributed by atoms with Gasteiger partial charge in [0.05, 0.1) is 30.1 Å². The Morgan fingerprint density at radius 3 is 2.40 bits per heavy atom. The number of nitro benzene ring substituents is 1. The summed E-state index contributed by atoms with van der Waals surface area (Å²) in [7, 11) is 3.02. The molecule has 25 heavy (non-hydrogen) atoms. The molecule has 132 valence electrons. The van der Waals surface area contributed by atoms with Crippen LogP contribution in [0.1, 0.15) is 6.92 Å². The zero-order chi connectivity index (χ0) is 18.4. The van der Waals surface area contributed by atoms with Gasteiger partial charge in [-0.3, -0.25) is 14.9 Å². The number of nitrogens with zero attached hydrogens (tertiary/aromatic N) is 1. The molecule has 7 nitrogen and oxygen atoms in total. The van der Waals surface area contributed by atoms with Gasteiger partial charge >= 0.3 is 0 Å². The van der Waals surface area contributed by atoms with Crippen LogP contribution in [0.3, 0.4) is 0 Å². The normalized spacial score (nSPS) is 11.5. The van der Waals surface area contributed by atoms with Crippen molar-refractivity contribution in [2.45, 2.75) is 17.1 Å². The molecular formula is C17H18N2O5S. The first-order valence-corrected chi connectivity index (χ1v) is 8.26. The summed E-state index contributed by atoms with van der Waals surface area (Å²) in [6.45, 7) is 1.76. The number of non-ortho nitro benzene ring substituents is 1. The Bertz CT molecular complexity index is 764. The highest BCUT2D eigenvalue weighted by Gasteiger charge is 2.18. The topological polar surface area (TPSA) is 90.7 Å². The molecule has 2 rings (SSSR count). The zero-order valence-corrected chi connectivity index (χ0v) is 14.8. The number of nitro groups is 1. The number of carbonyl (C=O) groups excluding carboxylic acids is 1. The predicted octanol–water partition coefficient (Wildman–Crippen LogP) is 3.73. The van der Waals surface area contributed by atoms with Crippen LogP contribution in [0.15, 0.2) is 47.4 Å². The van der Waals surface area contributed by atoms with Gasteiger partial charge in [-0.1, -0.05) is 0 Å². The van der Waals surface area contributed by atoms with Crippen molar-refractivity contribution in [3.05, 3.63) is 52.6 Å². The molecular weight excluding hydrogens is 344 g/mol. The molecule has 0 aliphatic carbocycles. The number of amides is 1. The molecule has 8 heteroatoms. The monoisotopic (exact) mass is 362 g/mol. The Labute approximate surface area is 149 Å². The minimum absolute atomic E-state index is 0.119. The molecule has 0 aliphatic heterocycles. The Kier molecular flexibility index (Phi) is 6.24. The van der Waals surface area contributed by atoms with Crippen LogP contribution in [0.2, 0.25) is 0 Å². The number of thioether (sulfide) groups is 1. The SMILES string of the molecule is COc1ccc(SC(C)C(=O)Nc2cc([N+](=O)[O-])ccc2OC)cc1. The van der Waals surface area contributed by atoms with E-state index in [1.54, 1.807) is 14.0 Å². The van der Waals surface area contributed by atoms with Crippen molar-refractivity contribution in [1.82, 2.24) is 0 Å². The lowest BCUT2D eigenvalue weighted by molar-refractivity contribution is -0.384. The number of ether oxygens (including phenoxy) is 2. The fourth-order valence-corrected chi connectivity index (χ4v) is 2.92. The smallest absolute Gasteiger partial charge is 0.271 e. The van der Waals surface area contributed by atoms with E-state index in [1.165, 1.54) is 37.1 Å². The van der Waals surface area contributed by atoms with E-state index in [1.807, 2.05) is 24.3 Å². The Morgan fingerprint density at radius 1 is 1.16 bits per heavy atom. The first-order valence-electron chi connectivity index (χ1n) is 7.38. The number of anilines is 1. The van der Waals surface area contributed by atoms with Gasteiger partial charge in [-0.05, 0) is 37.3 Å². The van der Waals surface area contributed by atoms with E-state index in [9.17, 15) is 14.9 Å². The number of rotatable bonds is 7. The van der Waals surface area contributed by atoms with Gasteiger partial charge in [-0.25, -0.2) is 0 Å². The third kappa shape index (κ3) is 4.87. The molecule has 1 unspecified atom stereocenters. The molecule has 0 aromatic heterocycles. The van der Waals surface area contributed by atoms with Gasteiger partial charge in [-0.15, -0.1) is 11.8 Å². The average molecular weight is 362 g/mol. The van der Waals surface area contributed by atoms with Crippen molar-refractivity contribution in [3.8, 4) is 11.5 Å². The summed E-state index contributed by atoms with van der Waals surface area (Å²) in [5.74, 6) is 0.822. The third-order valence-electron chi connectivity index (χ3n) is 3.39. The summed E-state index contributed by atoms with van der Waals surface area (Å²) in [5.41, 5.74) is 0.149. The van der Waals surface area contributed by atoms with Gasteiger partial charge in [0.15, 0.2) is 0 Å². The fraction of sp³-hybridized carbons (Fsp3) is 0.235. The largest absolute Gasteiger partial charge is 0.497 e. The molecule has 0 aliphatic rings. The first-order chi connectivity index (χ1) is 11.9. The van der Waals surface area contributed by atoms with Gasteiger partial charge in [0.1, 0.15) is 11.5 Å². The molecule has 0 radical (unpaired) electrons. The van der Waals surface area contributed by atoms with E-state index < -0.39 is 10.2 Å². The standard InChI is InChI=1S/C17H18N2O5S/c1-11(25-14-7-5-13(23-2)6-8-14)17(20)18-15-10-12(19(21)22)4-9-16(15)24-3/h4-11H,1-3H3,(H,18,20). The predicted molar refractivity (Wildman–Crippen MR) is 96.6 cm³/mol. The van der Waals surface area contributed by atoms with Crippen LogP contribution in [0.4, 0.5) is 11.4 Å². The van der Waals surface area contributed by atoms with E-state index in [2.05, 4.69) is 5.32 Å². The van der Waals surface area contributed by atoms with Gasteiger partial charge < -0.3 is 14.8 Å². The summed E-state index contributed by atoms with van der Waals surface area (Å²) < 4.78 is 10.2. The maximum atomic E-state index is 12.4. The number of nitrogens with one attached hydrogen (secondary N) is 1. The van der Waals surface area contributed by atoms with Crippen LogP contribution in [-0.2, 0) is 4.79 Å². The zero-order valence-electron chi connectivity index (χ0n) is 14.0. The van der Waals surface area contributed by atoms with Crippen molar-refractivity contribution in [1.29, 1.82) is 0 Å². The van der Waals surface area contributed by atoms with Crippen molar-refractivity contribution < 1.29 is 19.2 Å². The van der Waals surface area contributed by atoms with Crippen LogP contribution in [-0.4, -0.2) is 30.3 Å². The van der Waals surface area contributed by atoms with Crippen molar-refractivity contribution in [3.63, 3.8) is 0 Å². The second kappa shape index (κ2) is 8.39. The molecule has 1 amide bonds. The van der Waals surface area contributed by atoms with Gasteiger partial charge in [0, 0.05) is 17.0 Å². The lowest BCUT2D eigenvalue weighted by atomic mass is 10.2. The van der Waals surface area contributed by atoms with Gasteiger partial charge in [0.25, 0.3) is 5.69 Å². The third-order valence-corrected chi connectivity index (χ3v) is 4.51. The molecule has 0 spiro atoms. The lowest BCUT2D eigenvalue weighted by Crippen LogP contribution is -2.22. The summed E-state index contributed by atoms with van der Waals surface area (Å²) in [6, 6.07) is 11.4. The quantitative estimate of drug-likeness (QED) is 0.458. The highest BCUT2D eigenvalue weighted by Crippen LogP contribution is 2.31. The first kappa shape index (κ1) is 18.6. The number of benzene rings is 2. The molecule has 1 atom stereocenters. The maximum absolute atomic E-state index is 12.4. The summed E-state index contributed by atoms with van der Waals surface area (Å²) >= 11 is 1.37. The van der Waals surface area contributed by atoms with Crippen molar-refractivity contribution in [2.24, 2.45) is 0 Å². The molecule has 0 saturated carbocycles. The molecule has 2 aromatic rings. The number of hydrogen-bond acceptors (Lipinski definition) is 6. The number of methoxy groups -OCH3 is 2. The van der Waals surface area contributed by atoms with Gasteiger partial charge in [-0.2, -0.15) is 0 Å². The molecule has 2 aromatic carbocycles. The average Bonchev–Trinajstić information content (AvgIpc) is 2.62. The second-order valence-electron chi connectivity index (χ2n) is 5.07. The highest BCUT2D eigenvalue weighted by molar-refractivity contribution is 8.00. The molecule has 0 saturated heterocycles. The Morgan fingerprint density at radius 2 is 1.84 bits per heavy atom. The summed E-state index contributed by atoms with van der Waals surface area (Å²) in [6.07, 6.45) is 0. The van der Waals surface area contributed by atoms with Crippen molar-refractivity contribution >= 4 is 29.0 Å². The molecule has 0 heterocycles. The van der Waals surface area contributed by atoms with E-state index in [4.69, 9.17) is 9.47 Å². The van der Waals surface area contributed by atoms with E-state index in [-0.39, 0.29) is 17.3 Å². The Balaban J connectivity index is 2.09.